The highest BCUT2D eigenvalue weighted by molar-refractivity contribution is 6.01. The van der Waals surface area contributed by atoms with Crippen molar-refractivity contribution in [2.24, 2.45) is 0 Å². The van der Waals surface area contributed by atoms with Crippen molar-refractivity contribution >= 4 is 17.0 Å². The number of hydrogen-bond acceptors (Lipinski definition) is 6. The Hall–Kier alpha value is -4.81. The van der Waals surface area contributed by atoms with Crippen LogP contribution in [0.2, 0.25) is 0 Å². The van der Waals surface area contributed by atoms with Gasteiger partial charge in [-0.3, -0.25) is 4.57 Å². The summed E-state index contributed by atoms with van der Waals surface area (Å²) in [6.45, 7) is -1.97. The van der Waals surface area contributed by atoms with E-state index in [0.29, 0.717) is 22.5 Å². The van der Waals surface area contributed by atoms with Crippen molar-refractivity contribution in [2.45, 2.75) is 12.7 Å². The molecule has 0 bridgehead atoms. The first-order valence-corrected chi connectivity index (χ1v) is 10.7. The molecule has 0 saturated heterocycles. The monoisotopic (exact) mass is 512 g/mol. The molecule has 0 spiro atoms. The Labute approximate surface area is 205 Å². The van der Waals surface area contributed by atoms with Crippen LogP contribution < -0.4 is 4.74 Å². The number of para-hydroxylation sites is 1. The van der Waals surface area contributed by atoms with Crippen LogP contribution in [0, 0.1) is 5.82 Å². The number of nitrogens with one attached hydrogen (secondary N) is 1. The van der Waals surface area contributed by atoms with Gasteiger partial charge in [0.05, 0.1) is 23.1 Å². The van der Waals surface area contributed by atoms with Gasteiger partial charge in [-0.05, 0) is 34.5 Å². The number of imidazole rings is 1. The van der Waals surface area contributed by atoms with Crippen molar-refractivity contribution in [3.8, 4) is 28.5 Å². The molecule has 2 aromatic heterocycles. The van der Waals surface area contributed by atoms with E-state index in [2.05, 4.69) is 25.6 Å². The minimum Gasteiger partial charge on any atom is -0.478 e. The molecule has 5 aromatic rings. The predicted molar refractivity (Wildman–Crippen MR) is 122 cm³/mol. The van der Waals surface area contributed by atoms with Gasteiger partial charge in [-0.25, -0.2) is 9.18 Å². The van der Waals surface area contributed by atoms with Crippen molar-refractivity contribution < 1.29 is 32.2 Å². The van der Waals surface area contributed by atoms with E-state index in [1.165, 1.54) is 30.3 Å². The number of benzene rings is 3. The number of rotatable bonds is 7. The molecule has 13 heteroatoms. The summed E-state index contributed by atoms with van der Waals surface area (Å²) in [7, 11) is 0. The van der Waals surface area contributed by atoms with Crippen LogP contribution in [0.5, 0.6) is 6.01 Å². The van der Waals surface area contributed by atoms with E-state index >= 15 is 4.39 Å². The maximum absolute atomic E-state index is 15.3. The minimum absolute atomic E-state index is 0.0121. The molecule has 9 nitrogen and oxygen atoms in total. The zero-order valence-corrected chi connectivity index (χ0v) is 18.7. The fourth-order valence-corrected chi connectivity index (χ4v) is 3.96. The highest BCUT2D eigenvalue weighted by Crippen LogP contribution is 2.32. The number of aromatic amines is 1. The third-order valence-corrected chi connectivity index (χ3v) is 5.53. The lowest BCUT2D eigenvalue weighted by Gasteiger charge is -2.14. The van der Waals surface area contributed by atoms with Gasteiger partial charge in [0.1, 0.15) is 5.82 Å². The van der Waals surface area contributed by atoms with Crippen LogP contribution in [0.1, 0.15) is 15.9 Å². The van der Waals surface area contributed by atoms with Crippen LogP contribution in [0.4, 0.5) is 17.6 Å². The smallest absolute Gasteiger partial charge is 0.422 e. The van der Waals surface area contributed by atoms with Crippen LogP contribution in [0.15, 0.2) is 60.7 Å². The highest BCUT2D eigenvalue weighted by Gasteiger charge is 2.30. The number of aromatic nitrogens is 6. The van der Waals surface area contributed by atoms with Gasteiger partial charge in [0.25, 0.3) is 6.01 Å². The second kappa shape index (κ2) is 9.33. The summed E-state index contributed by atoms with van der Waals surface area (Å²) in [4.78, 5) is 15.8. The number of ether oxygens (including phenoxy) is 1. The average Bonchev–Trinajstić information content (AvgIpc) is 3.52. The van der Waals surface area contributed by atoms with Crippen molar-refractivity contribution in [3.63, 3.8) is 0 Å². The topological polar surface area (TPSA) is 119 Å². The van der Waals surface area contributed by atoms with Crippen molar-refractivity contribution in [1.29, 1.82) is 0 Å². The Morgan fingerprint density at radius 1 is 1.05 bits per heavy atom. The Morgan fingerprint density at radius 2 is 1.84 bits per heavy atom. The summed E-state index contributed by atoms with van der Waals surface area (Å²) in [5, 5.41) is 23.5. The largest absolute Gasteiger partial charge is 0.478 e. The number of halogens is 4. The first-order valence-electron chi connectivity index (χ1n) is 10.7. The van der Waals surface area contributed by atoms with Crippen LogP contribution in [0.3, 0.4) is 0 Å². The third-order valence-electron chi connectivity index (χ3n) is 5.53. The van der Waals surface area contributed by atoms with Crippen LogP contribution >= 0.6 is 0 Å². The standard InChI is InChI=1S/C24H16F4N6O3/c25-18-10-13(15-4-1-2-5-16(15)21-30-32-33-31-21)8-9-14(18)11-34-20-17(22(35)36)6-3-7-19(20)29-23(34)37-12-24(26,27)28/h1-10H,11-12H2,(H,35,36)(H,30,31,32,33). The number of carboxylic acid groups (broad SMARTS) is 1. The highest BCUT2D eigenvalue weighted by atomic mass is 19.4. The van der Waals surface area contributed by atoms with E-state index in [1.807, 2.05) is 0 Å². The number of alkyl halides is 3. The number of nitrogens with zero attached hydrogens (tertiary/aromatic N) is 5. The van der Waals surface area contributed by atoms with Crippen molar-refractivity contribution in [1.82, 2.24) is 30.2 Å². The molecule has 0 fully saturated rings. The maximum Gasteiger partial charge on any atom is 0.422 e. The van der Waals surface area contributed by atoms with Gasteiger partial charge < -0.3 is 9.84 Å². The van der Waals surface area contributed by atoms with Gasteiger partial charge in [-0.1, -0.05) is 42.5 Å². The van der Waals surface area contributed by atoms with Gasteiger partial charge in [0, 0.05) is 11.1 Å². The molecule has 2 N–H and O–H groups in total. The molecule has 37 heavy (non-hydrogen) atoms. The number of carboxylic acids is 1. The number of tetrazole rings is 1. The van der Waals surface area contributed by atoms with Gasteiger partial charge in [0.2, 0.25) is 5.82 Å². The van der Waals surface area contributed by atoms with E-state index < -0.39 is 30.6 Å². The van der Waals surface area contributed by atoms with E-state index in [4.69, 9.17) is 4.74 Å². The molecule has 5 rings (SSSR count). The lowest BCUT2D eigenvalue weighted by Crippen LogP contribution is -2.21. The summed E-state index contributed by atoms with van der Waals surface area (Å²) in [6.07, 6.45) is -4.66. The number of fused-ring (bicyclic) bond motifs is 1. The molecular formula is C24H16F4N6O3. The summed E-state index contributed by atoms with van der Waals surface area (Å²) in [6, 6.07) is 15.0. The summed E-state index contributed by atoms with van der Waals surface area (Å²) in [5.74, 6) is -1.67. The molecule has 3 aromatic carbocycles. The number of hydrogen-bond donors (Lipinski definition) is 2. The van der Waals surface area contributed by atoms with Crippen LogP contribution in [-0.4, -0.2) is 54.0 Å². The Morgan fingerprint density at radius 3 is 2.51 bits per heavy atom. The van der Waals surface area contributed by atoms with Gasteiger partial charge in [0.15, 0.2) is 6.61 Å². The average molecular weight is 512 g/mol. The fraction of sp³-hybridized carbons (Fsp3) is 0.125. The van der Waals surface area contributed by atoms with E-state index in [9.17, 15) is 23.1 Å². The second-order valence-electron chi connectivity index (χ2n) is 7.95. The van der Waals surface area contributed by atoms with Gasteiger partial charge >= 0.3 is 12.1 Å². The van der Waals surface area contributed by atoms with Gasteiger partial charge in [-0.15, -0.1) is 10.2 Å². The molecule has 0 aliphatic rings. The zero-order valence-electron chi connectivity index (χ0n) is 18.7. The molecule has 0 aliphatic carbocycles. The lowest BCUT2D eigenvalue weighted by atomic mass is 9.98. The van der Waals surface area contributed by atoms with Crippen LogP contribution in [-0.2, 0) is 6.54 Å². The number of aromatic carboxylic acids is 1. The van der Waals surface area contributed by atoms with Crippen molar-refractivity contribution in [3.05, 3.63) is 77.6 Å². The molecule has 0 aliphatic heterocycles. The Kier molecular flexibility index (Phi) is 6.03. The fourth-order valence-electron chi connectivity index (χ4n) is 3.96. The quantitative estimate of drug-likeness (QED) is 0.303. The van der Waals surface area contributed by atoms with Crippen molar-refractivity contribution in [2.75, 3.05) is 6.61 Å². The lowest BCUT2D eigenvalue weighted by molar-refractivity contribution is -0.155. The minimum atomic E-state index is -4.66. The molecule has 188 valence electrons. The van der Waals surface area contributed by atoms with Crippen LogP contribution in [0.25, 0.3) is 33.5 Å². The third kappa shape index (κ3) is 4.83. The molecule has 0 atom stereocenters. The van der Waals surface area contributed by atoms with Gasteiger partial charge in [-0.2, -0.15) is 23.4 Å². The predicted octanol–water partition coefficient (Wildman–Crippen LogP) is 4.71. The summed E-state index contributed by atoms with van der Waals surface area (Å²) < 4.78 is 59.8. The summed E-state index contributed by atoms with van der Waals surface area (Å²) >= 11 is 0. The maximum atomic E-state index is 15.3. The van der Waals surface area contributed by atoms with E-state index in [1.54, 1.807) is 30.3 Å². The normalized spacial score (nSPS) is 11.7. The first-order chi connectivity index (χ1) is 17.7. The number of H-pyrrole nitrogens is 1. The Bertz CT molecular complexity index is 1600. The van der Waals surface area contributed by atoms with E-state index in [0.717, 1.165) is 4.57 Å². The summed E-state index contributed by atoms with van der Waals surface area (Å²) in [5.41, 5.74) is 1.72. The Balaban J connectivity index is 1.56. The molecule has 2 heterocycles. The number of carbonyl (C=O) groups is 1. The molecular weight excluding hydrogens is 496 g/mol. The second-order valence-corrected chi connectivity index (χ2v) is 7.95. The first kappa shape index (κ1) is 23.9. The zero-order chi connectivity index (χ0) is 26.2. The van der Waals surface area contributed by atoms with E-state index in [-0.39, 0.29) is 28.7 Å². The SMILES string of the molecule is O=C(O)c1cccc2nc(OCC(F)(F)F)n(Cc3ccc(-c4ccccc4-c4nn[nH]n4)cc3F)c12. The molecule has 0 saturated carbocycles. The molecule has 0 amide bonds. The molecule has 0 radical (unpaired) electrons. The molecule has 0 unspecified atom stereocenters.